The van der Waals surface area contributed by atoms with Crippen molar-refractivity contribution in [2.45, 2.75) is 6.18 Å². The van der Waals surface area contributed by atoms with Gasteiger partial charge in [0.15, 0.2) is 0 Å². The zero-order valence-corrected chi connectivity index (χ0v) is 15.3. The van der Waals surface area contributed by atoms with E-state index in [4.69, 9.17) is 0 Å². The van der Waals surface area contributed by atoms with Crippen LogP contribution in [0.15, 0.2) is 57.9 Å². The fraction of sp³-hybridized carbons (Fsp3) is 0.125. The Kier molecular flexibility index (Phi) is 4.82. The summed E-state index contributed by atoms with van der Waals surface area (Å²) < 4.78 is 67.2. The minimum Gasteiger partial charge on any atom is -0.321 e. The molecule has 2 heterocycles. The molecule has 0 fully saturated rings. The second kappa shape index (κ2) is 6.82. The van der Waals surface area contributed by atoms with Crippen molar-refractivity contribution in [3.8, 4) is 0 Å². The van der Waals surface area contributed by atoms with Crippen molar-refractivity contribution in [1.82, 2.24) is 4.31 Å². The predicted molar refractivity (Wildman–Crippen MR) is 95.7 cm³/mol. The summed E-state index contributed by atoms with van der Waals surface area (Å²) in [5.41, 5.74) is -1.22. The van der Waals surface area contributed by atoms with E-state index in [0.717, 1.165) is 25.2 Å². The molecule has 2 aromatic rings. The van der Waals surface area contributed by atoms with Crippen molar-refractivity contribution >= 4 is 38.9 Å². The number of hydrogen-bond donors (Lipinski definition) is 1. The molecule has 1 aliphatic heterocycles. The molecule has 3 rings (SSSR count). The Bertz CT molecular complexity index is 1040. The fourth-order valence-electron chi connectivity index (χ4n) is 2.27. The minimum atomic E-state index is -4.57. The summed E-state index contributed by atoms with van der Waals surface area (Å²) >= 11 is 1.24. The van der Waals surface area contributed by atoms with Crippen LogP contribution in [0.3, 0.4) is 0 Å². The number of carbonyl (C=O) groups excluding carboxylic acids is 1. The molecule has 0 atom stereocenters. The minimum absolute atomic E-state index is 0.0808. The van der Waals surface area contributed by atoms with Gasteiger partial charge >= 0.3 is 16.4 Å². The van der Waals surface area contributed by atoms with Gasteiger partial charge < -0.3 is 5.32 Å². The van der Waals surface area contributed by atoms with Crippen molar-refractivity contribution in [2.24, 2.45) is 4.40 Å². The lowest BCUT2D eigenvalue weighted by Gasteiger charge is -2.23. The van der Waals surface area contributed by atoms with E-state index in [0.29, 0.717) is 9.18 Å². The molecule has 0 radical (unpaired) electrons. The molecule has 6 nitrogen and oxygen atoms in total. The molecular formula is C16H12F3N3O3S2. The molecule has 11 heteroatoms. The topological polar surface area (TPSA) is 78.8 Å². The van der Waals surface area contributed by atoms with Gasteiger partial charge in [0.05, 0.1) is 16.2 Å². The standard InChI is InChI=1S/C16H12F3N3O3S2/c1-22-13(9-12(21-27(22,24)25)14-6-3-7-26-14)15(23)20-11-5-2-4-10(8-11)16(17,18)19/h2-9H,1H3,(H,20,23). The van der Waals surface area contributed by atoms with E-state index in [9.17, 15) is 26.4 Å². The van der Waals surface area contributed by atoms with E-state index in [2.05, 4.69) is 9.71 Å². The number of hydrogen-bond acceptors (Lipinski definition) is 4. The molecule has 142 valence electrons. The van der Waals surface area contributed by atoms with Crippen LogP contribution in [0.4, 0.5) is 18.9 Å². The largest absolute Gasteiger partial charge is 0.416 e. The first-order chi connectivity index (χ1) is 12.6. The molecule has 1 aliphatic rings. The van der Waals surface area contributed by atoms with Crippen LogP contribution in [0, 0.1) is 0 Å². The van der Waals surface area contributed by atoms with Crippen molar-refractivity contribution in [2.75, 3.05) is 12.4 Å². The molecule has 1 N–H and O–H groups in total. The highest BCUT2D eigenvalue weighted by molar-refractivity contribution is 7.88. The van der Waals surface area contributed by atoms with Crippen LogP contribution in [-0.4, -0.2) is 31.4 Å². The second-order valence-corrected chi connectivity index (χ2v) is 8.04. The number of alkyl halides is 3. The molecule has 1 aromatic carbocycles. The predicted octanol–water partition coefficient (Wildman–Crippen LogP) is 3.27. The van der Waals surface area contributed by atoms with Crippen molar-refractivity contribution in [1.29, 1.82) is 0 Å². The van der Waals surface area contributed by atoms with Crippen molar-refractivity contribution in [3.63, 3.8) is 0 Å². The summed E-state index contributed by atoms with van der Waals surface area (Å²) in [5, 5.41) is 4.01. The Labute approximate surface area is 156 Å². The molecule has 1 aromatic heterocycles. The summed E-state index contributed by atoms with van der Waals surface area (Å²) in [4.78, 5) is 13.1. The molecule has 0 spiro atoms. The van der Waals surface area contributed by atoms with Crippen LogP contribution < -0.4 is 5.32 Å². The van der Waals surface area contributed by atoms with Crippen molar-refractivity contribution < 1.29 is 26.4 Å². The number of amides is 1. The maximum atomic E-state index is 12.8. The first kappa shape index (κ1) is 19.1. The summed E-state index contributed by atoms with van der Waals surface area (Å²) in [6.07, 6.45) is -3.29. The normalized spacial score (nSPS) is 16.5. The highest BCUT2D eigenvalue weighted by Gasteiger charge is 2.32. The van der Waals surface area contributed by atoms with Crippen LogP contribution in [0.2, 0.25) is 0 Å². The molecule has 0 unspecified atom stereocenters. The van der Waals surface area contributed by atoms with Gasteiger partial charge in [-0.25, -0.2) is 4.31 Å². The van der Waals surface area contributed by atoms with Gasteiger partial charge in [0, 0.05) is 12.7 Å². The number of halogens is 3. The van der Waals surface area contributed by atoms with E-state index < -0.39 is 27.9 Å². The van der Waals surface area contributed by atoms with Crippen LogP contribution in [0.5, 0.6) is 0 Å². The van der Waals surface area contributed by atoms with Gasteiger partial charge in [0.2, 0.25) is 0 Å². The van der Waals surface area contributed by atoms with Crippen LogP contribution in [0.25, 0.3) is 0 Å². The Hall–Kier alpha value is -2.66. The molecule has 0 saturated carbocycles. The first-order valence-electron chi connectivity index (χ1n) is 7.41. The summed E-state index contributed by atoms with van der Waals surface area (Å²) in [6.45, 7) is 0. The maximum absolute atomic E-state index is 12.8. The number of allylic oxidation sites excluding steroid dienone is 1. The molecule has 0 saturated heterocycles. The Morgan fingerprint density at radius 3 is 2.59 bits per heavy atom. The number of anilines is 1. The molecule has 1 amide bonds. The summed E-state index contributed by atoms with van der Waals surface area (Å²) in [5.74, 6) is -0.871. The number of benzene rings is 1. The lowest BCUT2D eigenvalue weighted by atomic mass is 10.2. The van der Waals surface area contributed by atoms with Gasteiger partial charge in [0.1, 0.15) is 5.70 Å². The lowest BCUT2D eigenvalue weighted by molar-refractivity contribution is -0.137. The van der Waals surface area contributed by atoms with Gasteiger partial charge in [-0.15, -0.1) is 15.7 Å². The number of nitrogens with zero attached hydrogens (tertiary/aromatic N) is 2. The number of thiophene rings is 1. The molecule has 0 bridgehead atoms. The SMILES string of the molecule is CN1C(C(=O)Nc2cccc(C(F)(F)F)c2)=CC(c2cccs2)=NS1(=O)=O. The van der Waals surface area contributed by atoms with E-state index in [1.807, 2.05) is 0 Å². The Morgan fingerprint density at radius 1 is 1.22 bits per heavy atom. The zero-order chi connectivity index (χ0) is 19.8. The Morgan fingerprint density at radius 2 is 1.96 bits per heavy atom. The monoisotopic (exact) mass is 415 g/mol. The van der Waals surface area contributed by atoms with Crippen LogP contribution >= 0.6 is 11.3 Å². The van der Waals surface area contributed by atoms with Crippen LogP contribution in [-0.2, 0) is 21.2 Å². The second-order valence-electron chi connectivity index (χ2n) is 5.46. The van der Waals surface area contributed by atoms with E-state index in [1.54, 1.807) is 17.5 Å². The van der Waals surface area contributed by atoms with Gasteiger partial charge in [0.25, 0.3) is 5.91 Å². The smallest absolute Gasteiger partial charge is 0.321 e. The average Bonchev–Trinajstić information content (AvgIpc) is 3.11. The number of nitrogens with one attached hydrogen (secondary N) is 1. The first-order valence-corrected chi connectivity index (χ1v) is 9.68. The summed E-state index contributed by atoms with van der Waals surface area (Å²) in [7, 11) is -3.00. The lowest BCUT2D eigenvalue weighted by Crippen LogP contribution is -2.35. The highest BCUT2D eigenvalue weighted by atomic mass is 32.2. The third-order valence-corrected chi connectivity index (χ3v) is 5.84. The quantitative estimate of drug-likeness (QED) is 0.836. The van der Waals surface area contributed by atoms with Crippen LogP contribution in [0.1, 0.15) is 10.4 Å². The maximum Gasteiger partial charge on any atom is 0.416 e. The molecule has 0 aliphatic carbocycles. The van der Waals surface area contributed by atoms with Crippen molar-refractivity contribution in [3.05, 3.63) is 64.0 Å². The highest BCUT2D eigenvalue weighted by Crippen LogP contribution is 2.31. The average molecular weight is 415 g/mol. The molecular weight excluding hydrogens is 403 g/mol. The van der Waals surface area contributed by atoms with Gasteiger partial charge in [-0.3, -0.25) is 4.79 Å². The number of carbonyl (C=O) groups is 1. The number of likely N-dealkylation sites (N-methyl/N-ethyl adjacent to an activating group) is 1. The summed E-state index contributed by atoms with van der Waals surface area (Å²) in [6, 6.07) is 7.40. The van der Waals surface area contributed by atoms with Gasteiger partial charge in [-0.1, -0.05) is 12.1 Å². The third-order valence-electron chi connectivity index (χ3n) is 3.63. The van der Waals surface area contributed by atoms with Gasteiger partial charge in [-0.2, -0.15) is 21.6 Å². The third kappa shape index (κ3) is 4.03. The van der Waals surface area contributed by atoms with E-state index >= 15 is 0 Å². The molecule has 27 heavy (non-hydrogen) atoms. The van der Waals surface area contributed by atoms with E-state index in [1.165, 1.54) is 23.5 Å². The van der Waals surface area contributed by atoms with E-state index in [-0.39, 0.29) is 17.1 Å². The zero-order valence-electron chi connectivity index (χ0n) is 13.7. The fourth-order valence-corrected chi connectivity index (χ4v) is 3.92. The Balaban J connectivity index is 1.93. The number of rotatable bonds is 3. The van der Waals surface area contributed by atoms with Gasteiger partial charge in [-0.05, 0) is 35.7 Å².